The fraction of sp³-hybridized carbons (Fsp3) is 0.190. The molecule has 0 amide bonds. The molecule has 1 unspecified atom stereocenters. The van der Waals surface area contributed by atoms with Crippen LogP contribution in [0.1, 0.15) is 6.92 Å². The minimum Gasteiger partial charge on any atom is -0.423 e. The topological polar surface area (TPSA) is 125 Å². The van der Waals surface area contributed by atoms with E-state index in [1.54, 1.807) is 30.0 Å². The fourth-order valence-corrected chi connectivity index (χ4v) is 4.06. The van der Waals surface area contributed by atoms with E-state index in [1.807, 2.05) is 42.5 Å². The minimum atomic E-state index is -3.99. The summed E-state index contributed by atoms with van der Waals surface area (Å²) < 4.78 is 25.1. The molecule has 31 heavy (non-hydrogen) atoms. The molecular weight excluding hydrogens is 417 g/mol. The van der Waals surface area contributed by atoms with Crippen LogP contribution in [0.2, 0.25) is 0 Å². The van der Waals surface area contributed by atoms with Crippen LogP contribution >= 0.6 is 7.60 Å². The van der Waals surface area contributed by atoms with Gasteiger partial charge in [0.2, 0.25) is 0 Å². The van der Waals surface area contributed by atoms with Crippen LogP contribution in [0.25, 0.3) is 22.3 Å². The molecule has 0 saturated carbocycles. The Bertz CT molecular complexity index is 1210. The van der Waals surface area contributed by atoms with Crippen molar-refractivity contribution in [1.29, 1.82) is 0 Å². The minimum absolute atomic E-state index is 0.295. The predicted octanol–water partition coefficient (Wildman–Crippen LogP) is 3.70. The van der Waals surface area contributed by atoms with Gasteiger partial charge in [-0.25, -0.2) is 19.5 Å². The van der Waals surface area contributed by atoms with E-state index >= 15 is 0 Å². The van der Waals surface area contributed by atoms with Crippen LogP contribution in [0.4, 0.5) is 5.82 Å². The van der Waals surface area contributed by atoms with Gasteiger partial charge in [0.25, 0.3) is 0 Å². The summed E-state index contributed by atoms with van der Waals surface area (Å²) in [6.07, 6.45) is 2.11. The molecule has 0 aliphatic rings. The van der Waals surface area contributed by atoms with E-state index in [-0.39, 0.29) is 0 Å². The van der Waals surface area contributed by atoms with Crippen LogP contribution in [-0.2, 0) is 15.8 Å². The molecule has 160 valence electrons. The summed E-state index contributed by atoms with van der Waals surface area (Å²) in [6.45, 7) is 2.16. The molecule has 0 bridgehead atoms. The van der Waals surface area contributed by atoms with Crippen LogP contribution in [0.5, 0.6) is 5.75 Å². The maximum absolute atomic E-state index is 12.5. The first-order valence-corrected chi connectivity index (χ1v) is 11.4. The zero-order chi connectivity index (χ0) is 21.8. The highest BCUT2D eigenvalue weighted by Gasteiger charge is 2.23. The fourth-order valence-electron chi connectivity index (χ4n) is 3.11. The van der Waals surface area contributed by atoms with Crippen LogP contribution in [0.3, 0.4) is 0 Å². The Kier molecular flexibility index (Phi) is 5.99. The highest BCUT2D eigenvalue weighted by molar-refractivity contribution is 7.53. The maximum Gasteiger partial charge on any atom is 0.402 e. The number of nitrogen functional groups attached to an aromatic ring is 1. The first-order valence-electron chi connectivity index (χ1n) is 9.61. The Morgan fingerprint density at radius 2 is 1.77 bits per heavy atom. The van der Waals surface area contributed by atoms with Gasteiger partial charge >= 0.3 is 7.60 Å². The predicted molar refractivity (Wildman–Crippen MR) is 117 cm³/mol. The van der Waals surface area contributed by atoms with Crippen LogP contribution in [-0.4, -0.2) is 36.9 Å². The van der Waals surface area contributed by atoms with Gasteiger partial charge in [0.15, 0.2) is 17.8 Å². The van der Waals surface area contributed by atoms with Crippen molar-refractivity contribution in [3.05, 3.63) is 67.3 Å². The Morgan fingerprint density at radius 1 is 1.06 bits per heavy atom. The third-order valence-electron chi connectivity index (χ3n) is 4.62. The highest BCUT2D eigenvalue weighted by atomic mass is 31.2. The summed E-state index contributed by atoms with van der Waals surface area (Å²) in [5.74, 6) is 0.596. The second kappa shape index (κ2) is 8.85. The van der Waals surface area contributed by atoms with Crippen molar-refractivity contribution < 1.29 is 18.7 Å². The quantitative estimate of drug-likeness (QED) is 0.398. The molecule has 0 fully saturated rings. The normalized spacial score (nSPS) is 14.3. The van der Waals surface area contributed by atoms with Crippen molar-refractivity contribution in [1.82, 2.24) is 19.5 Å². The molecule has 3 N–H and O–H groups in total. The van der Waals surface area contributed by atoms with Crippen LogP contribution in [0.15, 0.2) is 67.3 Å². The molecule has 4 rings (SSSR count). The first-order chi connectivity index (χ1) is 14.9. The Hall–Kier alpha value is -3.26. The molecule has 4 aromatic rings. The lowest BCUT2D eigenvalue weighted by Crippen LogP contribution is -2.18. The molecule has 0 spiro atoms. The zero-order valence-corrected chi connectivity index (χ0v) is 17.7. The van der Waals surface area contributed by atoms with Gasteiger partial charge in [-0.1, -0.05) is 42.5 Å². The number of ether oxygens (including phenoxy) is 1. The summed E-state index contributed by atoms with van der Waals surface area (Å²) in [4.78, 5) is 22.5. The number of benzene rings is 2. The number of fused-ring (bicyclic) bond motifs is 1. The lowest BCUT2D eigenvalue weighted by atomic mass is 10.1. The molecule has 9 nitrogen and oxygen atoms in total. The van der Waals surface area contributed by atoms with E-state index < -0.39 is 20.0 Å². The van der Waals surface area contributed by atoms with Crippen LogP contribution in [0, 0.1) is 0 Å². The largest absolute Gasteiger partial charge is 0.423 e. The van der Waals surface area contributed by atoms with Gasteiger partial charge in [0, 0.05) is 0 Å². The second-order valence-corrected chi connectivity index (χ2v) is 8.77. The number of rotatable bonds is 8. The lowest BCUT2D eigenvalue weighted by molar-refractivity contribution is 0.0772. The molecule has 0 radical (unpaired) electrons. The summed E-state index contributed by atoms with van der Waals surface area (Å²) >= 11 is 0. The standard InChI is InChI=1S/C21H22N5O4P/c1-15(11-26-13-25-19-20(22)23-12-24-21(19)26)29-14-31(27,28)30-18-9-7-17(8-10-18)16-5-3-2-4-6-16/h2-10,12-13,15H,11,14H2,1H3,(H,27,28)(H2,22,23,24)/t15-/m1/s1. The number of aromatic nitrogens is 4. The van der Waals surface area contributed by atoms with Crippen molar-refractivity contribution >= 4 is 24.6 Å². The monoisotopic (exact) mass is 439 g/mol. The van der Waals surface area contributed by atoms with E-state index in [1.165, 1.54) is 6.33 Å². The van der Waals surface area contributed by atoms with Gasteiger partial charge < -0.3 is 24.5 Å². The molecular formula is C21H22N5O4P. The maximum atomic E-state index is 12.5. The van der Waals surface area contributed by atoms with Gasteiger partial charge in [-0.05, 0) is 30.2 Å². The van der Waals surface area contributed by atoms with E-state index in [0.717, 1.165) is 11.1 Å². The molecule has 10 heteroatoms. The first kappa shape index (κ1) is 21.0. The molecule has 2 aromatic carbocycles. The highest BCUT2D eigenvalue weighted by Crippen LogP contribution is 2.43. The van der Waals surface area contributed by atoms with Crippen LogP contribution < -0.4 is 10.3 Å². The molecule has 2 atom stereocenters. The number of hydrogen-bond donors (Lipinski definition) is 2. The van der Waals surface area contributed by atoms with Gasteiger partial charge in [0.1, 0.15) is 17.6 Å². The van der Waals surface area contributed by atoms with E-state index in [4.69, 9.17) is 15.0 Å². The summed E-state index contributed by atoms with van der Waals surface area (Å²) in [5.41, 5.74) is 8.91. The van der Waals surface area contributed by atoms with E-state index in [9.17, 15) is 9.46 Å². The Morgan fingerprint density at radius 3 is 2.52 bits per heavy atom. The van der Waals surface area contributed by atoms with Gasteiger partial charge in [-0.2, -0.15) is 0 Å². The van der Waals surface area contributed by atoms with Gasteiger partial charge in [0.05, 0.1) is 19.0 Å². The smallest absolute Gasteiger partial charge is 0.402 e. The Balaban J connectivity index is 1.34. The molecule has 2 heterocycles. The van der Waals surface area contributed by atoms with Crippen molar-refractivity contribution in [2.45, 2.75) is 19.6 Å². The zero-order valence-electron chi connectivity index (χ0n) is 16.8. The van der Waals surface area contributed by atoms with E-state index in [2.05, 4.69) is 15.0 Å². The van der Waals surface area contributed by atoms with Gasteiger partial charge in [-0.3, -0.25) is 0 Å². The number of hydrogen-bond acceptors (Lipinski definition) is 7. The third-order valence-corrected chi connectivity index (χ3v) is 5.59. The summed E-state index contributed by atoms with van der Waals surface area (Å²) in [6, 6.07) is 16.8. The summed E-state index contributed by atoms with van der Waals surface area (Å²) in [5, 5.41) is 0. The molecule has 0 aliphatic carbocycles. The third kappa shape index (κ3) is 5.08. The number of nitrogens with zero attached hydrogens (tertiary/aromatic N) is 4. The Labute approximate surface area is 179 Å². The van der Waals surface area contributed by atoms with Crippen molar-refractivity contribution in [3.63, 3.8) is 0 Å². The number of nitrogens with two attached hydrogens (primary N) is 1. The lowest BCUT2D eigenvalue weighted by Gasteiger charge is -2.18. The number of anilines is 1. The molecule has 2 aromatic heterocycles. The second-order valence-electron chi connectivity index (χ2n) is 7.05. The average Bonchev–Trinajstić information content (AvgIpc) is 3.17. The average molecular weight is 439 g/mol. The number of imidazole rings is 1. The molecule has 0 saturated heterocycles. The van der Waals surface area contributed by atoms with Crippen molar-refractivity contribution in [2.24, 2.45) is 0 Å². The summed E-state index contributed by atoms with van der Waals surface area (Å²) in [7, 11) is -3.99. The van der Waals surface area contributed by atoms with E-state index in [0.29, 0.717) is 29.3 Å². The van der Waals surface area contributed by atoms with Gasteiger partial charge in [-0.15, -0.1) is 0 Å². The van der Waals surface area contributed by atoms with Crippen molar-refractivity contribution in [2.75, 3.05) is 12.1 Å². The SMILES string of the molecule is C[C@H](Cn1cnc2c(N)ncnc21)OCP(=O)(O)Oc1ccc(-c2ccccc2)cc1. The van der Waals surface area contributed by atoms with Crippen molar-refractivity contribution in [3.8, 4) is 16.9 Å². The molecule has 0 aliphatic heterocycles.